The molecule has 1 heterocycles. The summed E-state index contributed by atoms with van der Waals surface area (Å²) in [5, 5.41) is 2.69. The van der Waals surface area contributed by atoms with E-state index in [1.165, 1.54) is 23.1 Å². The third-order valence-electron chi connectivity index (χ3n) is 3.64. The van der Waals surface area contributed by atoms with Crippen LogP contribution >= 0.6 is 27.5 Å². The lowest BCUT2D eigenvalue weighted by Crippen LogP contribution is -2.45. The van der Waals surface area contributed by atoms with Crippen LogP contribution in [0.15, 0.2) is 40.9 Å². The normalized spacial score (nSPS) is 13.2. The molecule has 0 atom stereocenters. The van der Waals surface area contributed by atoms with Gasteiger partial charge in [0.25, 0.3) is 5.91 Å². The molecule has 0 aromatic heterocycles. The van der Waals surface area contributed by atoms with Crippen LogP contribution in [0, 0.1) is 5.82 Å². The summed E-state index contributed by atoms with van der Waals surface area (Å²) >= 11 is 9.05. The zero-order valence-electron chi connectivity index (χ0n) is 12.9. The molecule has 1 aliphatic rings. The van der Waals surface area contributed by atoms with Crippen molar-refractivity contribution in [1.29, 1.82) is 0 Å². The van der Waals surface area contributed by atoms with E-state index in [4.69, 9.17) is 16.3 Å². The summed E-state index contributed by atoms with van der Waals surface area (Å²) in [6, 6.07) is 9.45. The van der Waals surface area contributed by atoms with E-state index in [2.05, 4.69) is 21.2 Å². The lowest BCUT2D eigenvalue weighted by molar-refractivity contribution is -0.125. The molecule has 0 aliphatic carbocycles. The monoisotopic (exact) mass is 426 g/mol. The lowest BCUT2D eigenvalue weighted by atomic mass is 10.2. The summed E-state index contributed by atoms with van der Waals surface area (Å²) in [5.74, 6) is -0.620. The first kappa shape index (κ1) is 17.7. The maximum absolute atomic E-state index is 13.1. The van der Waals surface area contributed by atoms with Crippen LogP contribution in [0.2, 0.25) is 5.02 Å². The molecule has 1 aliphatic heterocycles. The zero-order valence-corrected chi connectivity index (χ0v) is 15.2. The van der Waals surface area contributed by atoms with Crippen LogP contribution in [0.1, 0.15) is 5.56 Å². The number of hydrogen-bond acceptors (Lipinski definition) is 3. The van der Waals surface area contributed by atoms with Crippen LogP contribution in [-0.4, -0.2) is 25.0 Å². The number of ether oxygens (including phenoxy) is 1. The Morgan fingerprint density at radius 1 is 1.32 bits per heavy atom. The number of fused-ring (bicyclic) bond motifs is 1. The molecule has 5 nitrogen and oxygen atoms in total. The average molecular weight is 428 g/mol. The molecule has 0 fully saturated rings. The number of hydrogen-bond donors (Lipinski definition) is 1. The number of amides is 2. The molecule has 2 aromatic carbocycles. The van der Waals surface area contributed by atoms with Gasteiger partial charge in [-0.05, 0) is 35.9 Å². The standard InChI is InChI=1S/C17H13BrClFN2O3/c18-11-2-4-14-15(6-11)25-9-17(24)22(14)8-16(23)21-7-10-1-3-13(20)12(19)5-10/h1-6H,7-9H2,(H,21,23). The van der Waals surface area contributed by atoms with Crippen LogP contribution in [0.25, 0.3) is 0 Å². The third kappa shape index (κ3) is 4.11. The van der Waals surface area contributed by atoms with E-state index >= 15 is 0 Å². The van der Waals surface area contributed by atoms with Crippen LogP contribution in [0.3, 0.4) is 0 Å². The Labute approximate surface area is 156 Å². The Balaban J connectivity index is 1.66. The number of carbonyl (C=O) groups excluding carboxylic acids is 2. The van der Waals surface area contributed by atoms with E-state index in [0.717, 1.165) is 4.47 Å². The Morgan fingerprint density at radius 2 is 2.12 bits per heavy atom. The molecule has 2 amide bonds. The van der Waals surface area contributed by atoms with E-state index < -0.39 is 5.82 Å². The van der Waals surface area contributed by atoms with Gasteiger partial charge in [-0.3, -0.25) is 14.5 Å². The van der Waals surface area contributed by atoms with Gasteiger partial charge >= 0.3 is 0 Å². The van der Waals surface area contributed by atoms with Gasteiger partial charge < -0.3 is 10.1 Å². The summed E-state index contributed by atoms with van der Waals surface area (Å²) in [5.41, 5.74) is 1.21. The molecule has 0 spiro atoms. The van der Waals surface area contributed by atoms with Crippen molar-refractivity contribution in [2.45, 2.75) is 6.54 Å². The quantitative estimate of drug-likeness (QED) is 0.815. The maximum atomic E-state index is 13.1. The number of halogens is 3. The van der Waals surface area contributed by atoms with Crippen molar-refractivity contribution in [3.63, 3.8) is 0 Å². The summed E-state index contributed by atoms with van der Waals surface area (Å²) in [6.07, 6.45) is 0. The molecule has 0 saturated carbocycles. The number of rotatable bonds is 4. The summed E-state index contributed by atoms with van der Waals surface area (Å²) in [4.78, 5) is 25.7. The first-order valence-corrected chi connectivity index (χ1v) is 8.54. The number of nitrogens with zero attached hydrogens (tertiary/aromatic N) is 1. The van der Waals surface area contributed by atoms with E-state index in [-0.39, 0.29) is 36.5 Å². The first-order chi connectivity index (χ1) is 11.9. The fraction of sp³-hybridized carbons (Fsp3) is 0.176. The van der Waals surface area contributed by atoms with Crippen molar-refractivity contribution in [2.75, 3.05) is 18.1 Å². The average Bonchev–Trinajstić information content (AvgIpc) is 2.58. The highest BCUT2D eigenvalue weighted by atomic mass is 79.9. The highest BCUT2D eigenvalue weighted by Crippen LogP contribution is 2.34. The van der Waals surface area contributed by atoms with Crippen molar-refractivity contribution >= 4 is 45.0 Å². The molecule has 130 valence electrons. The van der Waals surface area contributed by atoms with Crippen molar-refractivity contribution in [2.24, 2.45) is 0 Å². The number of benzene rings is 2. The highest BCUT2D eigenvalue weighted by Gasteiger charge is 2.27. The van der Waals surface area contributed by atoms with E-state index in [0.29, 0.717) is 17.0 Å². The lowest BCUT2D eigenvalue weighted by Gasteiger charge is -2.29. The minimum Gasteiger partial charge on any atom is -0.482 e. The van der Waals surface area contributed by atoms with E-state index in [9.17, 15) is 14.0 Å². The Hall–Kier alpha value is -2.12. The topological polar surface area (TPSA) is 58.6 Å². The van der Waals surface area contributed by atoms with Gasteiger partial charge in [0.15, 0.2) is 6.61 Å². The second kappa shape index (κ2) is 7.41. The second-order valence-electron chi connectivity index (χ2n) is 5.41. The molecule has 0 bridgehead atoms. The van der Waals surface area contributed by atoms with Crippen molar-refractivity contribution in [3.8, 4) is 5.75 Å². The molecule has 2 aromatic rings. The Morgan fingerprint density at radius 3 is 2.88 bits per heavy atom. The van der Waals surface area contributed by atoms with Crippen LogP contribution in [-0.2, 0) is 16.1 Å². The summed E-state index contributed by atoms with van der Waals surface area (Å²) in [7, 11) is 0. The van der Waals surface area contributed by atoms with Crippen LogP contribution < -0.4 is 15.0 Å². The largest absolute Gasteiger partial charge is 0.482 e. The number of nitrogens with one attached hydrogen (secondary N) is 1. The minimum atomic E-state index is -0.515. The molecule has 0 saturated heterocycles. The Bertz CT molecular complexity index is 847. The van der Waals surface area contributed by atoms with Gasteiger partial charge in [-0.2, -0.15) is 0 Å². The summed E-state index contributed by atoms with van der Waals surface area (Å²) in [6.45, 7) is -0.0688. The molecular formula is C17H13BrClFN2O3. The number of carbonyl (C=O) groups is 2. The first-order valence-electron chi connectivity index (χ1n) is 7.37. The van der Waals surface area contributed by atoms with E-state index in [1.807, 2.05) is 0 Å². The second-order valence-corrected chi connectivity index (χ2v) is 6.73. The molecule has 0 radical (unpaired) electrons. The zero-order chi connectivity index (χ0) is 18.0. The van der Waals surface area contributed by atoms with Crippen molar-refractivity contribution in [1.82, 2.24) is 5.32 Å². The summed E-state index contributed by atoms with van der Waals surface area (Å²) < 4.78 is 19.3. The van der Waals surface area contributed by atoms with Gasteiger partial charge in [0.1, 0.15) is 18.1 Å². The van der Waals surface area contributed by atoms with Gasteiger partial charge in [0.2, 0.25) is 5.91 Å². The highest BCUT2D eigenvalue weighted by molar-refractivity contribution is 9.10. The molecule has 25 heavy (non-hydrogen) atoms. The molecule has 3 rings (SSSR count). The number of anilines is 1. The molecule has 8 heteroatoms. The Kier molecular flexibility index (Phi) is 5.24. The fourth-order valence-electron chi connectivity index (χ4n) is 2.40. The predicted octanol–water partition coefficient (Wildman–Crippen LogP) is 3.28. The van der Waals surface area contributed by atoms with E-state index in [1.54, 1.807) is 18.2 Å². The molecule has 0 unspecified atom stereocenters. The maximum Gasteiger partial charge on any atom is 0.265 e. The van der Waals surface area contributed by atoms with Gasteiger partial charge in [-0.25, -0.2) is 4.39 Å². The predicted molar refractivity (Wildman–Crippen MR) is 95.2 cm³/mol. The fourth-order valence-corrected chi connectivity index (χ4v) is 2.94. The van der Waals surface area contributed by atoms with Crippen LogP contribution in [0.5, 0.6) is 5.75 Å². The molecule has 1 N–H and O–H groups in total. The smallest absolute Gasteiger partial charge is 0.265 e. The van der Waals surface area contributed by atoms with Gasteiger partial charge in [0.05, 0.1) is 10.7 Å². The third-order valence-corrected chi connectivity index (χ3v) is 4.42. The van der Waals surface area contributed by atoms with Crippen molar-refractivity contribution in [3.05, 3.63) is 57.3 Å². The van der Waals surface area contributed by atoms with Crippen LogP contribution in [0.4, 0.5) is 10.1 Å². The van der Waals surface area contributed by atoms with Crippen molar-refractivity contribution < 1.29 is 18.7 Å². The van der Waals surface area contributed by atoms with Gasteiger partial charge in [-0.1, -0.05) is 33.6 Å². The minimum absolute atomic E-state index is 0.00499. The SMILES string of the molecule is O=C(CN1C(=O)COc2cc(Br)ccc21)NCc1ccc(F)c(Cl)c1. The molecular weight excluding hydrogens is 415 g/mol. The van der Waals surface area contributed by atoms with Gasteiger partial charge in [-0.15, -0.1) is 0 Å². The van der Waals surface area contributed by atoms with Gasteiger partial charge in [0, 0.05) is 11.0 Å².